The fourth-order valence-electron chi connectivity index (χ4n) is 7.19. The lowest BCUT2D eigenvalue weighted by Gasteiger charge is -2.45. The highest BCUT2D eigenvalue weighted by Crippen LogP contribution is 2.51. The van der Waals surface area contributed by atoms with Crippen LogP contribution in [0, 0.1) is 11.8 Å². The molecule has 1 aliphatic carbocycles. The second-order valence-electron chi connectivity index (χ2n) is 12.4. The average Bonchev–Trinajstić information content (AvgIpc) is 3.03. The van der Waals surface area contributed by atoms with Gasteiger partial charge in [0.15, 0.2) is 0 Å². The van der Waals surface area contributed by atoms with Crippen molar-refractivity contribution in [3.8, 4) is 28.7 Å². The van der Waals surface area contributed by atoms with E-state index in [0.29, 0.717) is 47.8 Å². The van der Waals surface area contributed by atoms with Crippen LogP contribution in [0.1, 0.15) is 79.4 Å². The first-order valence-corrected chi connectivity index (χ1v) is 15.9. The highest BCUT2D eigenvalue weighted by molar-refractivity contribution is 5.52. The summed E-state index contributed by atoms with van der Waals surface area (Å²) in [5, 5.41) is 34.0. The third kappa shape index (κ3) is 6.48. The molecular weight excluding hydrogens is 560 g/mol. The lowest BCUT2D eigenvalue weighted by atomic mass is 9.72. The summed E-state index contributed by atoms with van der Waals surface area (Å²) in [6.07, 6.45) is 5.63. The van der Waals surface area contributed by atoms with Gasteiger partial charge in [-0.05, 0) is 86.6 Å². The molecule has 0 radical (unpaired) electrons. The zero-order valence-corrected chi connectivity index (χ0v) is 25.6. The Morgan fingerprint density at radius 1 is 0.886 bits per heavy atom. The number of aliphatic hydroxyl groups excluding tert-OH is 2. The van der Waals surface area contributed by atoms with Crippen molar-refractivity contribution in [2.24, 2.45) is 11.8 Å². The summed E-state index contributed by atoms with van der Waals surface area (Å²) < 4.78 is 30.3. The Balaban J connectivity index is 1.31. The van der Waals surface area contributed by atoms with E-state index < -0.39 is 24.0 Å². The van der Waals surface area contributed by atoms with E-state index in [1.54, 1.807) is 32.4 Å². The molecule has 5 atom stereocenters. The fraction of sp³-hybridized carbons (Fsp3) is 0.500. The average molecular weight is 605 g/mol. The van der Waals surface area contributed by atoms with E-state index in [2.05, 4.69) is 0 Å². The van der Waals surface area contributed by atoms with Crippen molar-refractivity contribution in [3.05, 3.63) is 76.9 Å². The molecule has 8 nitrogen and oxygen atoms in total. The lowest BCUT2D eigenvalue weighted by Crippen LogP contribution is -2.46. The van der Waals surface area contributed by atoms with Crippen LogP contribution in [0.5, 0.6) is 28.7 Å². The maximum absolute atomic E-state index is 12.0. The van der Waals surface area contributed by atoms with Gasteiger partial charge < -0.3 is 39.0 Å². The first kappa shape index (κ1) is 30.6. The number of rotatable bonds is 10. The molecule has 1 fully saturated rings. The van der Waals surface area contributed by atoms with Crippen molar-refractivity contribution >= 4 is 0 Å². The molecule has 0 spiro atoms. The normalized spacial score (nSPS) is 24.9. The smallest absolute Gasteiger partial charge is 0.128 e. The minimum Gasteiger partial charge on any atom is -0.508 e. The topological polar surface area (TPSA) is 107 Å². The van der Waals surface area contributed by atoms with Gasteiger partial charge in [0.05, 0.1) is 32.0 Å². The van der Waals surface area contributed by atoms with Gasteiger partial charge in [-0.3, -0.25) is 0 Å². The molecule has 0 bridgehead atoms. The van der Waals surface area contributed by atoms with Gasteiger partial charge in [0.2, 0.25) is 0 Å². The Kier molecular flexibility index (Phi) is 9.50. The molecule has 44 heavy (non-hydrogen) atoms. The summed E-state index contributed by atoms with van der Waals surface area (Å²) in [4.78, 5) is 0. The maximum Gasteiger partial charge on any atom is 0.128 e. The first-order chi connectivity index (χ1) is 21.4. The van der Waals surface area contributed by atoms with Crippen LogP contribution in [-0.2, 0) is 11.2 Å². The van der Waals surface area contributed by atoms with Gasteiger partial charge >= 0.3 is 0 Å². The van der Waals surface area contributed by atoms with Gasteiger partial charge in [0, 0.05) is 48.7 Å². The number of hydrogen-bond acceptors (Lipinski definition) is 8. The number of aromatic hydroxyl groups is 1. The quantitative estimate of drug-likeness (QED) is 0.232. The summed E-state index contributed by atoms with van der Waals surface area (Å²) >= 11 is 0. The van der Waals surface area contributed by atoms with Crippen molar-refractivity contribution in [2.75, 3.05) is 27.4 Å². The van der Waals surface area contributed by atoms with E-state index in [4.69, 9.17) is 23.7 Å². The molecule has 3 aromatic rings. The monoisotopic (exact) mass is 604 g/mol. The fourth-order valence-corrected chi connectivity index (χ4v) is 7.19. The van der Waals surface area contributed by atoms with Gasteiger partial charge in [-0.1, -0.05) is 18.6 Å². The zero-order chi connectivity index (χ0) is 30.6. The summed E-state index contributed by atoms with van der Waals surface area (Å²) in [6.45, 7) is 0.791. The highest BCUT2D eigenvalue weighted by Gasteiger charge is 2.47. The standard InChI is InChI=1S/C36H44O8/c1-40-15-7-12-32-33(35(39)28-19-26(13-14-31(28)44-32)43-25-10-4-3-5-11-25)30-21-42-36-23(16-22-8-6-9-24(37)17-22)18-27(41-2)20-29(36)34(30)38/h6,8-9,13-14,17-20,25,30,32-35,37-39H,3-5,7,10-12,15-16,21H2,1-2H3. The molecule has 0 amide bonds. The van der Waals surface area contributed by atoms with Crippen LogP contribution in [0.25, 0.3) is 0 Å². The predicted molar refractivity (Wildman–Crippen MR) is 166 cm³/mol. The van der Waals surface area contributed by atoms with Crippen LogP contribution in [0.2, 0.25) is 0 Å². The van der Waals surface area contributed by atoms with Gasteiger partial charge in [-0.25, -0.2) is 0 Å². The van der Waals surface area contributed by atoms with Gasteiger partial charge in [-0.15, -0.1) is 0 Å². The molecule has 5 unspecified atom stereocenters. The number of ether oxygens (including phenoxy) is 5. The van der Waals surface area contributed by atoms with E-state index in [1.165, 1.54) is 19.3 Å². The molecule has 3 aliphatic rings. The van der Waals surface area contributed by atoms with Crippen LogP contribution in [0.15, 0.2) is 54.6 Å². The van der Waals surface area contributed by atoms with E-state index in [-0.39, 0.29) is 24.6 Å². The highest BCUT2D eigenvalue weighted by atomic mass is 16.5. The number of methoxy groups -OCH3 is 2. The Hall–Kier alpha value is -3.46. The third-order valence-electron chi connectivity index (χ3n) is 9.41. The maximum atomic E-state index is 12.0. The summed E-state index contributed by atoms with van der Waals surface area (Å²) in [5.41, 5.74) is 3.07. The molecule has 0 aromatic heterocycles. The van der Waals surface area contributed by atoms with Gasteiger partial charge in [0.25, 0.3) is 0 Å². The Bertz CT molecular complexity index is 1420. The van der Waals surface area contributed by atoms with Crippen molar-refractivity contribution in [3.63, 3.8) is 0 Å². The molecule has 8 heteroatoms. The SMILES string of the molecule is COCCCC1Oc2ccc(OC3CCCCC3)cc2C(O)C1C1COc2c(Cc3cccc(O)c3)cc(OC)cc2C1O. The van der Waals surface area contributed by atoms with Crippen LogP contribution < -0.4 is 18.9 Å². The van der Waals surface area contributed by atoms with E-state index in [1.807, 2.05) is 36.4 Å². The molecular formula is C36H44O8. The van der Waals surface area contributed by atoms with E-state index in [9.17, 15) is 15.3 Å². The second-order valence-corrected chi connectivity index (χ2v) is 12.4. The summed E-state index contributed by atoms with van der Waals surface area (Å²) in [6, 6.07) is 16.6. The molecule has 6 rings (SSSR count). The minimum atomic E-state index is -0.923. The molecule has 0 saturated heterocycles. The molecule has 3 aromatic carbocycles. The molecule has 236 valence electrons. The molecule has 2 aliphatic heterocycles. The lowest BCUT2D eigenvalue weighted by molar-refractivity contribution is -0.0890. The van der Waals surface area contributed by atoms with Crippen LogP contribution in [0.3, 0.4) is 0 Å². The second kappa shape index (κ2) is 13.7. The minimum absolute atomic E-state index is 0.190. The summed E-state index contributed by atoms with van der Waals surface area (Å²) in [7, 11) is 3.27. The van der Waals surface area contributed by atoms with Crippen molar-refractivity contribution in [1.29, 1.82) is 0 Å². The van der Waals surface area contributed by atoms with Crippen LogP contribution in [0.4, 0.5) is 0 Å². The Labute approximate surface area is 259 Å². The summed E-state index contributed by atoms with van der Waals surface area (Å²) in [5.74, 6) is 1.92. The molecule has 1 saturated carbocycles. The molecule has 2 heterocycles. The number of benzene rings is 3. The number of fused-ring (bicyclic) bond motifs is 2. The number of phenols is 1. The number of hydrogen-bond donors (Lipinski definition) is 3. The van der Waals surface area contributed by atoms with Crippen molar-refractivity contribution < 1.29 is 39.0 Å². The van der Waals surface area contributed by atoms with E-state index in [0.717, 1.165) is 36.1 Å². The van der Waals surface area contributed by atoms with Crippen LogP contribution in [-0.4, -0.2) is 55.0 Å². The van der Waals surface area contributed by atoms with Gasteiger partial charge in [0.1, 0.15) is 34.9 Å². The predicted octanol–water partition coefficient (Wildman–Crippen LogP) is 6.28. The van der Waals surface area contributed by atoms with Crippen molar-refractivity contribution in [1.82, 2.24) is 0 Å². The number of phenolic OH excluding ortho intramolecular Hbond substituents is 1. The van der Waals surface area contributed by atoms with Crippen LogP contribution >= 0.6 is 0 Å². The number of aliphatic hydroxyl groups is 2. The Morgan fingerprint density at radius 3 is 2.48 bits per heavy atom. The van der Waals surface area contributed by atoms with Gasteiger partial charge in [-0.2, -0.15) is 0 Å². The first-order valence-electron chi connectivity index (χ1n) is 15.9. The molecule has 3 N–H and O–H groups in total. The Morgan fingerprint density at radius 2 is 1.70 bits per heavy atom. The largest absolute Gasteiger partial charge is 0.508 e. The van der Waals surface area contributed by atoms with E-state index >= 15 is 0 Å². The van der Waals surface area contributed by atoms with Crippen molar-refractivity contribution in [2.45, 2.75) is 75.8 Å². The zero-order valence-electron chi connectivity index (χ0n) is 25.6. The third-order valence-corrected chi connectivity index (χ3v) is 9.41.